The highest BCUT2D eigenvalue weighted by molar-refractivity contribution is 9.09. The number of nitro groups is 1. The van der Waals surface area contributed by atoms with Gasteiger partial charge in [0.1, 0.15) is 11.8 Å². The fourth-order valence-electron chi connectivity index (χ4n) is 1.06. The summed E-state index contributed by atoms with van der Waals surface area (Å²) >= 11 is 2.97. The maximum Gasteiger partial charge on any atom is 0.293 e. The summed E-state index contributed by atoms with van der Waals surface area (Å²) < 4.78 is 0. The molecule has 1 aromatic heterocycles. The number of pyridine rings is 1. The van der Waals surface area contributed by atoms with Crippen molar-refractivity contribution in [3.8, 4) is 0 Å². The molecular formula is C8H9BrN2O4. The van der Waals surface area contributed by atoms with Crippen LogP contribution in [0.4, 0.5) is 5.69 Å². The molecule has 0 fully saturated rings. The van der Waals surface area contributed by atoms with Crippen molar-refractivity contribution in [3.05, 3.63) is 34.1 Å². The molecule has 0 aliphatic rings. The summed E-state index contributed by atoms with van der Waals surface area (Å²) in [5.41, 5.74) is -0.431. The molecule has 0 radical (unpaired) electrons. The Morgan fingerprint density at radius 3 is 2.80 bits per heavy atom. The van der Waals surface area contributed by atoms with Crippen molar-refractivity contribution in [2.24, 2.45) is 0 Å². The predicted molar refractivity (Wildman–Crippen MR) is 55.7 cm³/mol. The summed E-state index contributed by atoms with van der Waals surface area (Å²) in [4.78, 5) is 13.6. The highest BCUT2D eigenvalue weighted by atomic mass is 79.9. The van der Waals surface area contributed by atoms with Gasteiger partial charge < -0.3 is 10.2 Å². The van der Waals surface area contributed by atoms with E-state index in [2.05, 4.69) is 20.9 Å². The second-order valence-electron chi connectivity index (χ2n) is 2.83. The van der Waals surface area contributed by atoms with E-state index in [0.717, 1.165) is 0 Å². The Balaban J connectivity index is 3.07. The number of nitrogens with zero attached hydrogens (tertiary/aromatic N) is 2. The fraction of sp³-hybridized carbons (Fsp3) is 0.375. The molecule has 7 heteroatoms. The largest absolute Gasteiger partial charge is 0.389 e. The van der Waals surface area contributed by atoms with Gasteiger partial charge in [-0.05, 0) is 6.07 Å². The Hall–Kier alpha value is -1.05. The molecule has 0 spiro atoms. The summed E-state index contributed by atoms with van der Waals surface area (Å²) in [6, 6.07) is 2.63. The molecule has 0 aliphatic carbocycles. The Bertz CT molecular complexity index is 360. The second-order valence-corrected chi connectivity index (χ2v) is 3.48. The van der Waals surface area contributed by atoms with Gasteiger partial charge in [-0.3, -0.25) is 15.1 Å². The molecule has 0 bridgehead atoms. The number of aliphatic hydroxyl groups excluding tert-OH is 2. The molecule has 0 saturated heterocycles. The van der Waals surface area contributed by atoms with Crippen LogP contribution in [0.15, 0.2) is 18.3 Å². The molecule has 0 aromatic carbocycles. The Morgan fingerprint density at radius 2 is 2.27 bits per heavy atom. The third kappa shape index (κ3) is 2.71. The van der Waals surface area contributed by atoms with E-state index in [-0.39, 0.29) is 16.7 Å². The molecule has 0 aliphatic heterocycles. The van der Waals surface area contributed by atoms with E-state index >= 15 is 0 Å². The van der Waals surface area contributed by atoms with Crippen molar-refractivity contribution >= 4 is 21.6 Å². The van der Waals surface area contributed by atoms with Gasteiger partial charge in [0.15, 0.2) is 0 Å². The van der Waals surface area contributed by atoms with Gasteiger partial charge >= 0.3 is 0 Å². The summed E-state index contributed by atoms with van der Waals surface area (Å²) in [5.74, 6) is 0. The zero-order valence-corrected chi connectivity index (χ0v) is 9.16. The first-order chi connectivity index (χ1) is 7.07. The summed E-state index contributed by atoms with van der Waals surface area (Å²) in [6.45, 7) is 0. The van der Waals surface area contributed by atoms with E-state index in [1.54, 1.807) is 0 Å². The zero-order chi connectivity index (χ0) is 11.4. The lowest BCUT2D eigenvalue weighted by Gasteiger charge is -2.14. The van der Waals surface area contributed by atoms with Crippen LogP contribution in [-0.2, 0) is 0 Å². The number of aromatic nitrogens is 1. The molecule has 2 unspecified atom stereocenters. The van der Waals surface area contributed by atoms with Crippen LogP contribution in [-0.4, -0.2) is 31.6 Å². The van der Waals surface area contributed by atoms with Gasteiger partial charge in [-0.25, -0.2) is 0 Å². The molecule has 2 N–H and O–H groups in total. The molecule has 6 nitrogen and oxygen atoms in total. The van der Waals surface area contributed by atoms with Crippen molar-refractivity contribution in [2.45, 2.75) is 12.2 Å². The van der Waals surface area contributed by atoms with E-state index < -0.39 is 17.1 Å². The highest BCUT2D eigenvalue weighted by Gasteiger charge is 2.26. The maximum absolute atomic E-state index is 10.6. The summed E-state index contributed by atoms with van der Waals surface area (Å²) in [6.07, 6.45) is -1.17. The van der Waals surface area contributed by atoms with Gasteiger partial charge in [0.05, 0.1) is 11.0 Å². The number of alkyl halides is 1. The van der Waals surface area contributed by atoms with Crippen LogP contribution in [0.5, 0.6) is 0 Å². The number of hydrogen-bond acceptors (Lipinski definition) is 5. The van der Waals surface area contributed by atoms with Crippen LogP contribution in [0.1, 0.15) is 11.8 Å². The molecule has 1 aromatic rings. The van der Waals surface area contributed by atoms with Crippen molar-refractivity contribution in [3.63, 3.8) is 0 Å². The van der Waals surface area contributed by atoms with E-state index in [1.165, 1.54) is 18.3 Å². The number of aliphatic hydroxyl groups is 2. The van der Waals surface area contributed by atoms with Gasteiger partial charge in [-0.1, -0.05) is 15.9 Å². The average molecular weight is 277 g/mol. The van der Waals surface area contributed by atoms with Gasteiger partial charge in [-0.2, -0.15) is 0 Å². The fourth-order valence-corrected chi connectivity index (χ4v) is 1.41. The summed E-state index contributed by atoms with van der Waals surface area (Å²) in [5, 5.41) is 29.6. The first-order valence-electron chi connectivity index (χ1n) is 4.09. The lowest BCUT2D eigenvalue weighted by atomic mass is 10.1. The molecule has 15 heavy (non-hydrogen) atoms. The minimum Gasteiger partial charge on any atom is -0.389 e. The third-order valence-electron chi connectivity index (χ3n) is 1.82. The molecule has 1 heterocycles. The van der Waals surface area contributed by atoms with Gasteiger partial charge in [0.2, 0.25) is 0 Å². The highest BCUT2D eigenvalue weighted by Crippen LogP contribution is 2.25. The monoisotopic (exact) mass is 276 g/mol. The number of halogens is 1. The Labute approximate surface area is 93.9 Å². The minimum atomic E-state index is -1.37. The molecule has 82 valence electrons. The van der Waals surface area contributed by atoms with E-state index in [1.807, 2.05) is 0 Å². The molecule has 1 rings (SSSR count). The third-order valence-corrected chi connectivity index (χ3v) is 2.48. The first kappa shape index (κ1) is 12.0. The van der Waals surface area contributed by atoms with Gasteiger partial charge in [0, 0.05) is 17.6 Å². The maximum atomic E-state index is 10.6. The van der Waals surface area contributed by atoms with Crippen LogP contribution in [0, 0.1) is 10.1 Å². The predicted octanol–water partition coefficient (Wildman–Crippen LogP) is 0.779. The van der Waals surface area contributed by atoms with Crippen LogP contribution in [0.3, 0.4) is 0 Å². The quantitative estimate of drug-likeness (QED) is 0.481. The van der Waals surface area contributed by atoms with Crippen molar-refractivity contribution in [1.82, 2.24) is 4.98 Å². The van der Waals surface area contributed by atoms with Crippen molar-refractivity contribution in [1.29, 1.82) is 0 Å². The van der Waals surface area contributed by atoms with Gasteiger partial charge in [0.25, 0.3) is 5.69 Å². The SMILES string of the molecule is O=[N+]([O-])c1cccnc1C(O)C(O)CBr. The van der Waals surface area contributed by atoms with Crippen LogP contribution < -0.4 is 0 Å². The standard InChI is InChI=1S/C8H9BrN2O4/c9-4-6(12)8(13)7-5(11(14)15)2-1-3-10-7/h1-3,6,8,12-13H,4H2. The Morgan fingerprint density at radius 1 is 1.60 bits per heavy atom. The molecule has 0 amide bonds. The zero-order valence-electron chi connectivity index (χ0n) is 7.58. The topological polar surface area (TPSA) is 96.5 Å². The smallest absolute Gasteiger partial charge is 0.293 e. The molecule has 0 saturated carbocycles. The van der Waals surface area contributed by atoms with Crippen LogP contribution in [0.25, 0.3) is 0 Å². The van der Waals surface area contributed by atoms with Crippen LogP contribution >= 0.6 is 15.9 Å². The van der Waals surface area contributed by atoms with E-state index in [0.29, 0.717) is 0 Å². The van der Waals surface area contributed by atoms with E-state index in [4.69, 9.17) is 0 Å². The molecule has 2 atom stereocenters. The first-order valence-corrected chi connectivity index (χ1v) is 5.21. The van der Waals surface area contributed by atoms with Crippen LogP contribution in [0.2, 0.25) is 0 Å². The van der Waals surface area contributed by atoms with E-state index in [9.17, 15) is 20.3 Å². The average Bonchev–Trinajstić information content (AvgIpc) is 2.27. The lowest BCUT2D eigenvalue weighted by Crippen LogP contribution is -2.21. The van der Waals surface area contributed by atoms with Crippen molar-refractivity contribution in [2.75, 3.05) is 5.33 Å². The lowest BCUT2D eigenvalue weighted by molar-refractivity contribution is -0.386. The van der Waals surface area contributed by atoms with Gasteiger partial charge in [-0.15, -0.1) is 0 Å². The summed E-state index contributed by atoms with van der Waals surface area (Å²) in [7, 11) is 0. The van der Waals surface area contributed by atoms with Crippen molar-refractivity contribution < 1.29 is 15.1 Å². The normalized spacial score (nSPS) is 14.6. The minimum absolute atomic E-state index is 0.113. The second kappa shape index (κ2) is 5.15. The number of hydrogen-bond donors (Lipinski definition) is 2. The Kier molecular flexibility index (Phi) is 4.13. The molecular weight excluding hydrogens is 268 g/mol. The number of rotatable bonds is 4.